The van der Waals surface area contributed by atoms with Crippen LogP contribution < -0.4 is 0 Å². The monoisotopic (exact) mass is 315 g/mol. The van der Waals surface area contributed by atoms with E-state index in [0.29, 0.717) is 6.04 Å². The number of nitrogens with zero attached hydrogens (tertiary/aromatic N) is 3. The SMILES string of the molecule is Cc1cccc(C(C(=O)N2CC(N3CCCCC3)C2)N(C)C)c1. The van der Waals surface area contributed by atoms with Crippen LogP contribution >= 0.6 is 0 Å². The molecule has 0 aromatic heterocycles. The third kappa shape index (κ3) is 3.59. The number of hydrogen-bond donors (Lipinski definition) is 0. The van der Waals surface area contributed by atoms with Crippen molar-refractivity contribution in [2.45, 2.75) is 38.3 Å². The Labute approximate surface area is 140 Å². The van der Waals surface area contributed by atoms with E-state index in [1.54, 1.807) is 0 Å². The van der Waals surface area contributed by atoms with Crippen molar-refractivity contribution in [3.05, 3.63) is 35.4 Å². The minimum Gasteiger partial charge on any atom is -0.338 e. The van der Waals surface area contributed by atoms with Gasteiger partial charge in [0.25, 0.3) is 0 Å². The second-order valence-electron chi connectivity index (χ2n) is 7.27. The molecule has 2 heterocycles. The highest BCUT2D eigenvalue weighted by atomic mass is 16.2. The van der Waals surface area contributed by atoms with Gasteiger partial charge in [-0.05, 0) is 52.5 Å². The molecular formula is C19H29N3O. The first kappa shape index (κ1) is 16.5. The molecule has 1 atom stereocenters. The van der Waals surface area contributed by atoms with Crippen LogP contribution in [0, 0.1) is 6.92 Å². The lowest BCUT2D eigenvalue weighted by Gasteiger charge is -2.48. The van der Waals surface area contributed by atoms with Crippen molar-refractivity contribution >= 4 is 5.91 Å². The van der Waals surface area contributed by atoms with Gasteiger partial charge < -0.3 is 4.90 Å². The molecule has 126 valence electrons. The Hall–Kier alpha value is -1.39. The van der Waals surface area contributed by atoms with E-state index in [1.807, 2.05) is 30.0 Å². The summed E-state index contributed by atoms with van der Waals surface area (Å²) in [5.41, 5.74) is 2.30. The minimum atomic E-state index is -0.169. The average Bonchev–Trinajstić information content (AvgIpc) is 2.46. The molecule has 23 heavy (non-hydrogen) atoms. The van der Waals surface area contributed by atoms with Crippen molar-refractivity contribution in [1.29, 1.82) is 0 Å². The van der Waals surface area contributed by atoms with Crippen LogP contribution in [0.4, 0.5) is 0 Å². The van der Waals surface area contributed by atoms with Crippen LogP contribution in [0.15, 0.2) is 24.3 Å². The first-order chi connectivity index (χ1) is 11.1. The van der Waals surface area contributed by atoms with Crippen molar-refractivity contribution in [3.63, 3.8) is 0 Å². The molecule has 1 aromatic rings. The maximum Gasteiger partial charge on any atom is 0.244 e. The number of amides is 1. The molecule has 4 heteroatoms. The molecule has 0 radical (unpaired) electrons. The van der Waals surface area contributed by atoms with Gasteiger partial charge in [0.05, 0.1) is 0 Å². The molecule has 1 unspecified atom stereocenters. The quantitative estimate of drug-likeness (QED) is 0.853. The van der Waals surface area contributed by atoms with Gasteiger partial charge in [0, 0.05) is 19.1 Å². The van der Waals surface area contributed by atoms with E-state index in [2.05, 4.69) is 30.0 Å². The third-order valence-corrected chi connectivity index (χ3v) is 5.19. The number of aryl methyl sites for hydroxylation is 1. The average molecular weight is 315 g/mol. The van der Waals surface area contributed by atoms with Gasteiger partial charge in [0.1, 0.15) is 6.04 Å². The first-order valence-electron chi connectivity index (χ1n) is 8.82. The third-order valence-electron chi connectivity index (χ3n) is 5.19. The van der Waals surface area contributed by atoms with Crippen molar-refractivity contribution in [1.82, 2.24) is 14.7 Å². The maximum atomic E-state index is 13.0. The van der Waals surface area contributed by atoms with Crippen LogP contribution in [-0.4, -0.2) is 66.9 Å². The summed E-state index contributed by atoms with van der Waals surface area (Å²) in [7, 11) is 3.99. The standard InChI is InChI=1S/C19H29N3O/c1-15-8-7-9-16(12-15)18(20(2)3)19(23)22-13-17(14-22)21-10-5-4-6-11-21/h7-9,12,17-18H,4-6,10-11,13-14H2,1-3H3. The Morgan fingerprint density at radius 1 is 1.17 bits per heavy atom. The Kier molecular flexibility index (Phi) is 5.02. The van der Waals surface area contributed by atoms with E-state index in [0.717, 1.165) is 18.7 Å². The molecule has 2 aliphatic heterocycles. The summed E-state index contributed by atoms with van der Waals surface area (Å²) in [5, 5.41) is 0. The largest absolute Gasteiger partial charge is 0.338 e. The van der Waals surface area contributed by atoms with Gasteiger partial charge in [0.15, 0.2) is 0 Å². The van der Waals surface area contributed by atoms with Gasteiger partial charge in [-0.3, -0.25) is 14.6 Å². The van der Waals surface area contributed by atoms with E-state index in [-0.39, 0.29) is 11.9 Å². The molecule has 0 bridgehead atoms. The summed E-state index contributed by atoms with van der Waals surface area (Å²) >= 11 is 0. The summed E-state index contributed by atoms with van der Waals surface area (Å²) in [6.45, 7) is 6.30. The zero-order valence-electron chi connectivity index (χ0n) is 14.7. The highest BCUT2D eigenvalue weighted by Crippen LogP contribution is 2.27. The van der Waals surface area contributed by atoms with Crippen LogP contribution in [0.3, 0.4) is 0 Å². The minimum absolute atomic E-state index is 0.169. The maximum absolute atomic E-state index is 13.0. The van der Waals surface area contributed by atoms with Crippen LogP contribution in [-0.2, 0) is 4.79 Å². The molecule has 1 aromatic carbocycles. The predicted molar refractivity (Wildman–Crippen MR) is 93.4 cm³/mol. The number of rotatable bonds is 4. The highest BCUT2D eigenvalue weighted by Gasteiger charge is 2.38. The van der Waals surface area contributed by atoms with Crippen molar-refractivity contribution in [3.8, 4) is 0 Å². The number of likely N-dealkylation sites (N-methyl/N-ethyl adjacent to an activating group) is 1. The molecule has 0 aliphatic carbocycles. The van der Waals surface area contributed by atoms with E-state index >= 15 is 0 Å². The van der Waals surface area contributed by atoms with E-state index in [4.69, 9.17) is 0 Å². The fourth-order valence-corrected chi connectivity index (χ4v) is 3.82. The summed E-state index contributed by atoms with van der Waals surface area (Å²) in [6.07, 6.45) is 3.99. The molecule has 1 amide bonds. The number of benzene rings is 1. The van der Waals surface area contributed by atoms with Crippen molar-refractivity contribution in [2.75, 3.05) is 40.3 Å². The summed E-state index contributed by atoms with van der Waals surface area (Å²) in [6, 6.07) is 8.73. The lowest BCUT2D eigenvalue weighted by atomic mass is 9.98. The molecule has 2 saturated heterocycles. The molecule has 4 nitrogen and oxygen atoms in total. The Balaban J connectivity index is 1.64. The second-order valence-corrected chi connectivity index (χ2v) is 7.27. The molecule has 3 rings (SSSR count). The predicted octanol–water partition coefficient (Wildman–Crippen LogP) is 2.29. The fourth-order valence-electron chi connectivity index (χ4n) is 3.82. The van der Waals surface area contributed by atoms with E-state index < -0.39 is 0 Å². The number of likely N-dealkylation sites (tertiary alicyclic amines) is 2. The molecule has 0 saturated carbocycles. The van der Waals surface area contributed by atoms with Crippen LogP contribution in [0.5, 0.6) is 0 Å². The topological polar surface area (TPSA) is 26.8 Å². The molecule has 2 aliphatic rings. The van der Waals surface area contributed by atoms with E-state index in [9.17, 15) is 4.79 Å². The number of piperidine rings is 1. The van der Waals surface area contributed by atoms with Gasteiger partial charge in [-0.1, -0.05) is 36.2 Å². The fraction of sp³-hybridized carbons (Fsp3) is 0.632. The normalized spacial score (nSPS) is 21.3. The number of hydrogen-bond acceptors (Lipinski definition) is 3. The smallest absolute Gasteiger partial charge is 0.244 e. The zero-order valence-corrected chi connectivity index (χ0v) is 14.7. The molecule has 0 spiro atoms. The lowest BCUT2D eigenvalue weighted by molar-refractivity contribution is -0.144. The molecular weight excluding hydrogens is 286 g/mol. The Morgan fingerprint density at radius 2 is 1.87 bits per heavy atom. The summed E-state index contributed by atoms with van der Waals surface area (Å²) in [5.74, 6) is 0.244. The van der Waals surface area contributed by atoms with Gasteiger partial charge in [-0.2, -0.15) is 0 Å². The second kappa shape index (κ2) is 7.02. The van der Waals surface area contributed by atoms with Gasteiger partial charge in [0.2, 0.25) is 5.91 Å². The summed E-state index contributed by atoms with van der Waals surface area (Å²) < 4.78 is 0. The van der Waals surface area contributed by atoms with Gasteiger partial charge in [-0.15, -0.1) is 0 Å². The van der Waals surface area contributed by atoms with Crippen molar-refractivity contribution in [2.24, 2.45) is 0 Å². The Morgan fingerprint density at radius 3 is 2.48 bits per heavy atom. The first-order valence-corrected chi connectivity index (χ1v) is 8.82. The lowest BCUT2D eigenvalue weighted by Crippen LogP contribution is -2.63. The number of carbonyl (C=O) groups is 1. The zero-order chi connectivity index (χ0) is 16.4. The van der Waals surface area contributed by atoms with Crippen LogP contribution in [0.2, 0.25) is 0 Å². The van der Waals surface area contributed by atoms with Crippen LogP contribution in [0.25, 0.3) is 0 Å². The number of carbonyl (C=O) groups excluding carboxylic acids is 1. The van der Waals surface area contributed by atoms with Crippen molar-refractivity contribution < 1.29 is 4.79 Å². The van der Waals surface area contributed by atoms with Crippen LogP contribution in [0.1, 0.15) is 36.4 Å². The Bertz CT molecular complexity index is 545. The molecule has 2 fully saturated rings. The molecule has 0 N–H and O–H groups in total. The van der Waals surface area contributed by atoms with Gasteiger partial charge in [-0.25, -0.2) is 0 Å². The van der Waals surface area contributed by atoms with E-state index in [1.165, 1.54) is 37.9 Å². The van der Waals surface area contributed by atoms with Gasteiger partial charge >= 0.3 is 0 Å². The highest BCUT2D eigenvalue weighted by molar-refractivity contribution is 5.84. The summed E-state index contributed by atoms with van der Waals surface area (Å²) in [4.78, 5) is 19.6.